The van der Waals surface area contributed by atoms with Crippen LogP contribution < -0.4 is 20.9 Å². The van der Waals surface area contributed by atoms with Gasteiger partial charge in [-0.05, 0) is 48.6 Å². The van der Waals surface area contributed by atoms with E-state index in [1.165, 1.54) is 30.3 Å². The first-order valence-electron chi connectivity index (χ1n) is 7.18. The molecule has 2 amide bonds. The molecule has 142 valence electrons. The smallest absolute Gasteiger partial charge is 0.276 e. The van der Waals surface area contributed by atoms with Crippen molar-refractivity contribution in [3.63, 3.8) is 0 Å². The van der Waals surface area contributed by atoms with Gasteiger partial charge in [0.1, 0.15) is 5.75 Å². The fourth-order valence-electron chi connectivity index (χ4n) is 1.79. The lowest BCUT2D eigenvalue weighted by atomic mass is 10.2. The highest BCUT2D eigenvalue weighted by molar-refractivity contribution is 7.80. The number of carbonyl (C=O) groups is 2. The van der Waals surface area contributed by atoms with Crippen LogP contribution in [-0.2, 0) is 4.79 Å². The third-order valence-electron chi connectivity index (χ3n) is 2.92. The van der Waals surface area contributed by atoms with Gasteiger partial charge in [-0.2, -0.15) is 0 Å². The number of thiocarbonyl (C=S) groups is 1. The number of amides is 2. The first kappa shape index (κ1) is 21.5. The molecule has 0 radical (unpaired) electrons. The van der Waals surface area contributed by atoms with Gasteiger partial charge in [0.2, 0.25) is 0 Å². The number of hydrogen-bond donors (Lipinski definition) is 3. The van der Waals surface area contributed by atoms with Gasteiger partial charge in [0.15, 0.2) is 11.7 Å². The molecule has 6 nitrogen and oxygen atoms in total. The summed E-state index contributed by atoms with van der Waals surface area (Å²) in [7, 11) is 0. The zero-order chi connectivity index (χ0) is 20.0. The average molecular weight is 467 g/mol. The number of rotatable bonds is 4. The Morgan fingerprint density at radius 2 is 1.59 bits per heavy atom. The Kier molecular flexibility index (Phi) is 7.94. The van der Waals surface area contributed by atoms with Crippen LogP contribution in [0.3, 0.4) is 0 Å². The molecule has 0 saturated carbocycles. The molecule has 0 atom stereocenters. The van der Waals surface area contributed by atoms with Crippen LogP contribution in [0.4, 0.5) is 0 Å². The molecule has 0 heterocycles. The van der Waals surface area contributed by atoms with Gasteiger partial charge in [-0.3, -0.25) is 25.8 Å². The molecule has 0 bridgehead atoms. The van der Waals surface area contributed by atoms with Gasteiger partial charge in [0.25, 0.3) is 11.8 Å². The predicted molar refractivity (Wildman–Crippen MR) is 110 cm³/mol. The van der Waals surface area contributed by atoms with Crippen molar-refractivity contribution in [3.8, 4) is 5.75 Å². The quantitative estimate of drug-likeness (QED) is 0.468. The van der Waals surface area contributed by atoms with Gasteiger partial charge in [-0.25, -0.2) is 0 Å². The third-order valence-corrected chi connectivity index (χ3v) is 4.09. The third kappa shape index (κ3) is 7.04. The molecule has 0 aliphatic carbocycles. The summed E-state index contributed by atoms with van der Waals surface area (Å²) < 4.78 is 5.26. The molecule has 0 fully saturated rings. The number of carbonyl (C=O) groups excluding carboxylic acids is 2. The molecule has 2 aromatic carbocycles. The summed E-state index contributed by atoms with van der Waals surface area (Å²) in [6.45, 7) is -0.338. The van der Waals surface area contributed by atoms with E-state index < -0.39 is 11.8 Å². The summed E-state index contributed by atoms with van der Waals surface area (Å²) in [6.07, 6.45) is 0. The van der Waals surface area contributed by atoms with Crippen LogP contribution in [0.5, 0.6) is 5.75 Å². The van der Waals surface area contributed by atoms with Crippen LogP contribution in [0, 0.1) is 0 Å². The van der Waals surface area contributed by atoms with Crippen molar-refractivity contribution in [2.24, 2.45) is 0 Å². The first-order chi connectivity index (χ1) is 12.7. The Balaban J connectivity index is 1.79. The summed E-state index contributed by atoms with van der Waals surface area (Å²) in [6, 6.07) is 8.93. The van der Waals surface area contributed by atoms with Crippen LogP contribution >= 0.6 is 58.6 Å². The zero-order valence-electron chi connectivity index (χ0n) is 13.3. The van der Waals surface area contributed by atoms with E-state index in [1.54, 1.807) is 6.07 Å². The second kappa shape index (κ2) is 9.96. The number of benzene rings is 2. The number of hydrazine groups is 1. The maximum Gasteiger partial charge on any atom is 0.276 e. The maximum atomic E-state index is 12.1. The molecule has 3 N–H and O–H groups in total. The molecule has 0 aliphatic heterocycles. The molecule has 2 aromatic rings. The summed E-state index contributed by atoms with van der Waals surface area (Å²) in [5.74, 6) is -0.802. The molecular weight excluding hydrogens is 456 g/mol. The minimum Gasteiger partial charge on any atom is -0.482 e. The van der Waals surface area contributed by atoms with Crippen molar-refractivity contribution >= 4 is 75.5 Å². The van der Waals surface area contributed by atoms with E-state index in [-0.39, 0.29) is 22.3 Å². The zero-order valence-corrected chi connectivity index (χ0v) is 17.2. The van der Waals surface area contributed by atoms with Gasteiger partial charge in [0.05, 0.1) is 5.02 Å². The predicted octanol–water partition coefficient (Wildman–Crippen LogP) is 4.01. The highest BCUT2D eigenvalue weighted by atomic mass is 35.5. The standard InChI is InChI=1S/C16H11Cl4N3O3S/c17-9-1-2-13(12(20)6-9)26-7-14(24)22-23-16(27)21-15(25)8-3-10(18)5-11(19)4-8/h1-6H,7H2,(H,22,24)(H2,21,23,25,27). The monoisotopic (exact) mass is 465 g/mol. The van der Waals surface area contributed by atoms with Crippen molar-refractivity contribution < 1.29 is 14.3 Å². The number of hydrogen-bond acceptors (Lipinski definition) is 4. The van der Waals surface area contributed by atoms with Crippen LogP contribution in [0.1, 0.15) is 10.4 Å². The highest BCUT2D eigenvalue weighted by Gasteiger charge is 2.11. The van der Waals surface area contributed by atoms with Gasteiger partial charge in [-0.1, -0.05) is 46.4 Å². The van der Waals surface area contributed by atoms with Crippen molar-refractivity contribution in [2.45, 2.75) is 0 Å². The van der Waals surface area contributed by atoms with Gasteiger partial charge in [-0.15, -0.1) is 0 Å². The van der Waals surface area contributed by atoms with Gasteiger partial charge < -0.3 is 4.74 Å². The Morgan fingerprint density at radius 3 is 2.22 bits per heavy atom. The lowest BCUT2D eigenvalue weighted by Gasteiger charge is -2.12. The molecule has 2 rings (SSSR count). The molecule has 0 unspecified atom stereocenters. The topological polar surface area (TPSA) is 79.5 Å². The maximum absolute atomic E-state index is 12.1. The van der Waals surface area contributed by atoms with E-state index in [1.807, 2.05) is 0 Å². The summed E-state index contributed by atoms with van der Waals surface area (Å²) in [4.78, 5) is 23.8. The largest absolute Gasteiger partial charge is 0.482 e. The Hall–Kier alpha value is -1.77. The van der Waals surface area contributed by atoms with Crippen LogP contribution in [0.15, 0.2) is 36.4 Å². The van der Waals surface area contributed by atoms with Crippen molar-refractivity contribution in [1.29, 1.82) is 0 Å². The lowest BCUT2D eigenvalue weighted by Crippen LogP contribution is -2.49. The molecule has 27 heavy (non-hydrogen) atoms. The number of ether oxygens (including phenoxy) is 1. The van der Waals surface area contributed by atoms with E-state index in [0.29, 0.717) is 20.8 Å². The van der Waals surface area contributed by atoms with Crippen molar-refractivity contribution in [3.05, 3.63) is 62.1 Å². The van der Waals surface area contributed by atoms with Gasteiger partial charge >= 0.3 is 0 Å². The number of halogens is 4. The Labute approximate surface area is 180 Å². The minimum atomic E-state index is -0.552. The van der Waals surface area contributed by atoms with E-state index in [2.05, 4.69) is 16.2 Å². The number of nitrogens with one attached hydrogen (secondary N) is 3. The van der Waals surface area contributed by atoms with Crippen LogP contribution in [0.2, 0.25) is 20.1 Å². The summed E-state index contributed by atoms with van der Waals surface area (Å²) >= 11 is 28.3. The second-order valence-corrected chi connectivity index (χ2v) is 7.10. The molecule has 11 heteroatoms. The fourth-order valence-corrected chi connectivity index (χ4v) is 2.92. The molecule has 0 saturated heterocycles. The molecule has 0 aromatic heterocycles. The Bertz CT molecular complexity index is 875. The summed E-state index contributed by atoms with van der Waals surface area (Å²) in [5, 5.41) is 3.56. The van der Waals surface area contributed by atoms with E-state index >= 15 is 0 Å². The van der Waals surface area contributed by atoms with E-state index in [4.69, 9.17) is 63.4 Å². The second-order valence-electron chi connectivity index (χ2n) is 4.98. The van der Waals surface area contributed by atoms with E-state index in [9.17, 15) is 9.59 Å². The molecular formula is C16H11Cl4N3O3S. The fraction of sp³-hybridized carbons (Fsp3) is 0.0625. The normalized spacial score (nSPS) is 10.1. The highest BCUT2D eigenvalue weighted by Crippen LogP contribution is 2.27. The average Bonchev–Trinajstić information content (AvgIpc) is 2.58. The van der Waals surface area contributed by atoms with Crippen LogP contribution in [-0.4, -0.2) is 23.5 Å². The summed E-state index contributed by atoms with van der Waals surface area (Å²) in [5.41, 5.74) is 4.86. The molecule has 0 aliphatic rings. The van der Waals surface area contributed by atoms with E-state index in [0.717, 1.165) is 0 Å². The van der Waals surface area contributed by atoms with Crippen LogP contribution in [0.25, 0.3) is 0 Å². The van der Waals surface area contributed by atoms with Gasteiger partial charge in [0, 0.05) is 20.6 Å². The van der Waals surface area contributed by atoms with Crippen molar-refractivity contribution in [1.82, 2.24) is 16.2 Å². The SMILES string of the molecule is O=C(COc1ccc(Cl)cc1Cl)NNC(=S)NC(=O)c1cc(Cl)cc(Cl)c1. The van der Waals surface area contributed by atoms with Crippen molar-refractivity contribution in [2.75, 3.05) is 6.61 Å². The molecule has 0 spiro atoms. The Morgan fingerprint density at radius 1 is 0.926 bits per heavy atom. The minimum absolute atomic E-state index is 0.131. The lowest BCUT2D eigenvalue weighted by molar-refractivity contribution is -0.123. The first-order valence-corrected chi connectivity index (χ1v) is 9.10.